The number of carbonyl (C=O) groups excluding carboxylic acids is 2. The average Bonchev–Trinajstić information content (AvgIpc) is 3.61. The number of ether oxygens (including phenoxy) is 1. The van der Waals surface area contributed by atoms with Gasteiger partial charge in [0.15, 0.2) is 5.17 Å². The van der Waals surface area contributed by atoms with Gasteiger partial charge in [-0.05, 0) is 55.3 Å². The molecule has 46 heavy (non-hydrogen) atoms. The monoisotopic (exact) mass is 662 g/mol. The van der Waals surface area contributed by atoms with E-state index in [1.807, 2.05) is 0 Å². The normalized spacial score (nSPS) is 14.7. The first kappa shape index (κ1) is 32.7. The smallest absolute Gasteiger partial charge is 0.367 e. The van der Waals surface area contributed by atoms with Crippen molar-refractivity contribution in [2.75, 3.05) is 22.6 Å². The molecule has 240 valence electrons. The number of aliphatic imine (C=N–C) groups is 1. The Hall–Kier alpha value is -4.70. The number of nitrogens with one attached hydrogen (secondary N) is 1. The summed E-state index contributed by atoms with van der Waals surface area (Å²) < 4.78 is 82.7. The number of urea groups is 1. The molecule has 4 aromatic rings. The minimum atomic E-state index is -4.51. The molecule has 0 unspecified atom stereocenters. The molecule has 0 aliphatic carbocycles. The number of rotatable bonds is 7. The number of nitrogens with zero attached hydrogens (tertiary/aromatic N) is 5. The van der Waals surface area contributed by atoms with E-state index in [1.54, 1.807) is 56.4 Å². The quantitative estimate of drug-likeness (QED) is 0.208. The first-order valence-corrected chi connectivity index (χ1v) is 14.4. The molecule has 0 saturated carbocycles. The molecule has 0 atom stereocenters. The minimum absolute atomic E-state index is 0.0226. The molecule has 0 radical (unpaired) electrons. The summed E-state index contributed by atoms with van der Waals surface area (Å²) in [4.78, 5) is 39.2. The third-order valence-electron chi connectivity index (χ3n) is 6.65. The molecule has 9 nitrogen and oxygen atoms in total. The van der Waals surface area contributed by atoms with Crippen LogP contribution in [0.3, 0.4) is 0 Å². The third kappa shape index (κ3) is 7.74. The van der Waals surface area contributed by atoms with Crippen molar-refractivity contribution in [1.82, 2.24) is 14.5 Å². The molecule has 5 rings (SSSR count). The van der Waals surface area contributed by atoms with Crippen LogP contribution in [-0.4, -0.2) is 50.2 Å². The van der Waals surface area contributed by atoms with Crippen LogP contribution in [0.2, 0.25) is 0 Å². The fraction of sp³-hybridized carbons (Fsp3) is 0.233. The van der Waals surface area contributed by atoms with Crippen molar-refractivity contribution in [2.45, 2.75) is 32.8 Å². The van der Waals surface area contributed by atoms with Crippen molar-refractivity contribution in [1.29, 1.82) is 0 Å². The summed E-state index contributed by atoms with van der Waals surface area (Å²) in [6, 6.07) is 11.3. The van der Waals surface area contributed by atoms with E-state index in [1.165, 1.54) is 21.9 Å². The summed E-state index contributed by atoms with van der Waals surface area (Å²) in [7, 11) is 0. The molecule has 1 aliphatic rings. The molecule has 1 aliphatic heterocycles. The van der Waals surface area contributed by atoms with E-state index in [9.17, 15) is 35.9 Å². The molecule has 0 spiro atoms. The van der Waals surface area contributed by atoms with E-state index in [0.29, 0.717) is 28.1 Å². The summed E-state index contributed by atoms with van der Waals surface area (Å²) >= 11 is 1.01. The van der Waals surface area contributed by atoms with Gasteiger partial charge in [0, 0.05) is 29.2 Å². The van der Waals surface area contributed by atoms with E-state index in [2.05, 4.69) is 20.3 Å². The Morgan fingerprint density at radius 1 is 1.04 bits per heavy atom. The maximum Gasteiger partial charge on any atom is 0.417 e. The van der Waals surface area contributed by atoms with Crippen LogP contribution in [0.1, 0.15) is 22.3 Å². The Bertz CT molecular complexity index is 1800. The summed E-state index contributed by atoms with van der Waals surface area (Å²) in [6.45, 7) is 1.63. The zero-order valence-electron chi connectivity index (χ0n) is 24.1. The molecule has 0 bridgehead atoms. The van der Waals surface area contributed by atoms with Gasteiger partial charge in [-0.15, -0.1) is 0 Å². The first-order chi connectivity index (χ1) is 21.7. The zero-order valence-corrected chi connectivity index (χ0v) is 24.9. The largest absolute Gasteiger partial charge is 0.417 e. The molecule has 3 heterocycles. The maximum atomic E-state index is 12.9. The van der Waals surface area contributed by atoms with Crippen LogP contribution in [-0.2, 0) is 22.3 Å². The van der Waals surface area contributed by atoms with E-state index < -0.39 is 43.1 Å². The number of aromatic nitrogens is 3. The number of amides is 3. The Kier molecular flexibility index (Phi) is 9.21. The standard InChI is InChI=1S/C30H24F6N6O3S/c1-17-3-4-20(13-45-15-29(31,32)33)24(9-17)42-26(43)14-46-28(42)40-27(44)39-22-7-5-19(10-18(22)2)23-12-41(16-38-23)25-8-6-21(11-37-25)30(34,35)36/h3-12,16H,13-15H2,1-2H3,(H,39,44)/b40-28-. The van der Waals surface area contributed by atoms with Crippen molar-refractivity contribution in [3.63, 3.8) is 0 Å². The van der Waals surface area contributed by atoms with Gasteiger partial charge in [0.1, 0.15) is 18.8 Å². The molecule has 2 aromatic carbocycles. The summed E-state index contributed by atoms with van der Waals surface area (Å²) in [6.07, 6.45) is -5.25. The highest BCUT2D eigenvalue weighted by atomic mass is 32.2. The Balaban J connectivity index is 1.30. The van der Waals surface area contributed by atoms with Gasteiger partial charge in [0.05, 0.1) is 29.3 Å². The van der Waals surface area contributed by atoms with Crippen molar-refractivity contribution < 1.29 is 40.7 Å². The average molecular weight is 663 g/mol. The highest BCUT2D eigenvalue weighted by molar-refractivity contribution is 8.15. The van der Waals surface area contributed by atoms with Crippen molar-refractivity contribution in [3.05, 3.63) is 89.5 Å². The molecule has 1 N–H and O–H groups in total. The van der Waals surface area contributed by atoms with Gasteiger partial charge in [0.2, 0.25) is 5.91 Å². The van der Waals surface area contributed by atoms with Crippen LogP contribution >= 0.6 is 11.8 Å². The molecular weight excluding hydrogens is 638 g/mol. The number of hydrogen-bond acceptors (Lipinski definition) is 6. The number of carbonyl (C=O) groups is 2. The molecule has 16 heteroatoms. The zero-order chi connectivity index (χ0) is 33.2. The Morgan fingerprint density at radius 2 is 1.83 bits per heavy atom. The summed E-state index contributed by atoms with van der Waals surface area (Å²) in [5, 5.41) is 2.73. The van der Waals surface area contributed by atoms with E-state index in [0.717, 1.165) is 29.6 Å². The summed E-state index contributed by atoms with van der Waals surface area (Å²) in [5.74, 6) is -0.174. The fourth-order valence-electron chi connectivity index (χ4n) is 4.46. The van der Waals surface area contributed by atoms with Crippen LogP contribution in [0, 0.1) is 13.8 Å². The second-order valence-electron chi connectivity index (χ2n) is 10.2. The minimum Gasteiger partial charge on any atom is -0.367 e. The number of pyridine rings is 1. The lowest BCUT2D eigenvalue weighted by Crippen LogP contribution is -2.31. The molecule has 2 aromatic heterocycles. The Labute approximate surface area is 262 Å². The van der Waals surface area contributed by atoms with Crippen molar-refractivity contribution in [2.24, 2.45) is 4.99 Å². The number of amidine groups is 1. The fourth-order valence-corrected chi connectivity index (χ4v) is 5.32. The van der Waals surface area contributed by atoms with Gasteiger partial charge in [0.25, 0.3) is 0 Å². The third-order valence-corrected chi connectivity index (χ3v) is 7.58. The lowest BCUT2D eigenvalue weighted by molar-refractivity contribution is -0.176. The van der Waals surface area contributed by atoms with E-state index in [-0.39, 0.29) is 22.4 Å². The number of anilines is 2. The van der Waals surface area contributed by atoms with Gasteiger partial charge in [-0.2, -0.15) is 31.3 Å². The van der Waals surface area contributed by atoms with Crippen LogP contribution in [0.25, 0.3) is 17.1 Å². The SMILES string of the molecule is Cc1ccc(COCC(F)(F)F)c(N2C(=O)CS/C2=N\C(=O)Nc2ccc(-c3cn(-c4ccc(C(F)(F)F)cn4)cn3)cc2C)c1. The second-order valence-corrected chi connectivity index (χ2v) is 11.1. The maximum absolute atomic E-state index is 12.9. The van der Waals surface area contributed by atoms with Crippen LogP contribution < -0.4 is 10.2 Å². The lowest BCUT2D eigenvalue weighted by Gasteiger charge is -2.21. The molecule has 1 fully saturated rings. The first-order valence-electron chi connectivity index (χ1n) is 13.5. The van der Waals surface area contributed by atoms with E-state index >= 15 is 0 Å². The van der Waals surface area contributed by atoms with E-state index in [4.69, 9.17) is 4.74 Å². The highest BCUT2D eigenvalue weighted by Crippen LogP contribution is 2.32. The van der Waals surface area contributed by atoms with Gasteiger partial charge >= 0.3 is 18.4 Å². The van der Waals surface area contributed by atoms with Gasteiger partial charge in [-0.25, -0.2) is 14.8 Å². The predicted octanol–water partition coefficient (Wildman–Crippen LogP) is 7.32. The second kappa shape index (κ2) is 13.0. The lowest BCUT2D eigenvalue weighted by atomic mass is 10.1. The number of aryl methyl sites for hydroxylation is 2. The van der Waals surface area contributed by atoms with Crippen molar-refractivity contribution in [3.8, 4) is 17.1 Å². The number of alkyl halides is 6. The number of halogens is 6. The number of imidazole rings is 1. The Morgan fingerprint density at radius 3 is 2.50 bits per heavy atom. The van der Waals surface area contributed by atoms with Crippen LogP contribution in [0.4, 0.5) is 42.5 Å². The predicted molar refractivity (Wildman–Crippen MR) is 160 cm³/mol. The highest BCUT2D eigenvalue weighted by Gasteiger charge is 2.33. The van der Waals surface area contributed by atoms with Gasteiger partial charge < -0.3 is 10.1 Å². The number of benzene rings is 2. The van der Waals surface area contributed by atoms with Gasteiger partial charge in [-0.3, -0.25) is 14.3 Å². The summed E-state index contributed by atoms with van der Waals surface area (Å²) in [5.41, 5.74) is 2.69. The molecule has 3 amide bonds. The van der Waals surface area contributed by atoms with Crippen molar-refractivity contribution >= 4 is 40.2 Å². The van der Waals surface area contributed by atoms with Gasteiger partial charge in [-0.1, -0.05) is 30.0 Å². The molecular formula is C30H24F6N6O3S. The molecule has 1 saturated heterocycles. The number of thioether (sulfide) groups is 1. The number of hydrogen-bond donors (Lipinski definition) is 1. The topological polar surface area (TPSA) is 102 Å². The van der Waals surface area contributed by atoms with Crippen LogP contribution in [0.15, 0.2) is 72.2 Å². The van der Waals surface area contributed by atoms with Crippen LogP contribution in [0.5, 0.6) is 0 Å².